The van der Waals surface area contributed by atoms with Crippen LogP contribution in [0.15, 0.2) is 48.3 Å². The summed E-state index contributed by atoms with van der Waals surface area (Å²) in [5.41, 5.74) is 1.44. The van der Waals surface area contributed by atoms with Crippen LogP contribution >= 0.6 is 15.9 Å². The van der Waals surface area contributed by atoms with Crippen molar-refractivity contribution in [3.05, 3.63) is 53.9 Å². The summed E-state index contributed by atoms with van der Waals surface area (Å²) in [6.07, 6.45) is 2.73. The topological polar surface area (TPSA) is 0 Å². The van der Waals surface area contributed by atoms with Crippen molar-refractivity contribution in [1.82, 2.24) is 0 Å². The summed E-state index contributed by atoms with van der Waals surface area (Å²) >= 11 is 3.22. The van der Waals surface area contributed by atoms with E-state index in [1.54, 1.807) is 0 Å². The van der Waals surface area contributed by atoms with Gasteiger partial charge in [-0.2, -0.15) is 0 Å². The molecule has 0 radical (unpaired) electrons. The molecule has 0 heterocycles. The molecule has 0 aliphatic heterocycles. The molecule has 1 aromatic rings. The molecular formula is C15H15BrF2. The van der Waals surface area contributed by atoms with Crippen LogP contribution in [0.1, 0.15) is 25.3 Å². The zero-order chi connectivity index (χ0) is 13.2. The lowest BCUT2D eigenvalue weighted by Crippen LogP contribution is -2.34. The van der Waals surface area contributed by atoms with Crippen molar-refractivity contribution in [2.75, 3.05) is 0 Å². The third kappa shape index (κ3) is 2.41. The van der Waals surface area contributed by atoms with Gasteiger partial charge in [0.1, 0.15) is 16.3 Å². The first kappa shape index (κ1) is 13.5. The van der Waals surface area contributed by atoms with Crippen LogP contribution in [0, 0.1) is 0 Å². The summed E-state index contributed by atoms with van der Waals surface area (Å²) < 4.78 is 27.2. The lowest BCUT2D eigenvalue weighted by molar-refractivity contribution is 0.297. The van der Waals surface area contributed by atoms with E-state index in [2.05, 4.69) is 15.9 Å². The molecule has 3 heteroatoms. The van der Waals surface area contributed by atoms with Crippen molar-refractivity contribution in [1.29, 1.82) is 0 Å². The summed E-state index contributed by atoms with van der Waals surface area (Å²) in [5.74, 6) is -0.432. The predicted molar refractivity (Wildman–Crippen MR) is 75.1 cm³/mol. The first-order chi connectivity index (χ1) is 8.58. The number of alkyl halides is 2. The molecule has 2 unspecified atom stereocenters. The smallest absolute Gasteiger partial charge is 0.141 e. The van der Waals surface area contributed by atoms with Gasteiger partial charge in [0.2, 0.25) is 0 Å². The van der Waals surface area contributed by atoms with Gasteiger partial charge in [0.25, 0.3) is 0 Å². The fourth-order valence-electron chi connectivity index (χ4n) is 2.16. The van der Waals surface area contributed by atoms with Crippen LogP contribution in [0.3, 0.4) is 0 Å². The highest BCUT2D eigenvalue weighted by Gasteiger charge is 2.42. The standard InChI is InChI=1S/C15H15BrF2/c1-2-8-15(16)13(17)9-12(10-14(15)18)11-6-4-3-5-7-11/h3-7,9-10,13H,2,8H2,1H3. The summed E-state index contributed by atoms with van der Waals surface area (Å²) in [4.78, 5) is 0. The second kappa shape index (κ2) is 5.35. The van der Waals surface area contributed by atoms with Gasteiger partial charge in [0.15, 0.2) is 0 Å². The van der Waals surface area contributed by atoms with Crippen LogP contribution < -0.4 is 0 Å². The Kier molecular flexibility index (Phi) is 4.00. The highest BCUT2D eigenvalue weighted by atomic mass is 79.9. The minimum atomic E-state index is -1.35. The monoisotopic (exact) mass is 312 g/mol. The molecule has 18 heavy (non-hydrogen) atoms. The lowest BCUT2D eigenvalue weighted by Gasteiger charge is -2.31. The highest BCUT2D eigenvalue weighted by molar-refractivity contribution is 9.10. The Hall–Kier alpha value is -0.960. The van der Waals surface area contributed by atoms with Crippen molar-refractivity contribution < 1.29 is 8.78 Å². The molecule has 96 valence electrons. The third-order valence-electron chi connectivity index (χ3n) is 3.16. The van der Waals surface area contributed by atoms with Crippen molar-refractivity contribution in [2.24, 2.45) is 0 Å². The Morgan fingerprint density at radius 3 is 2.50 bits per heavy atom. The van der Waals surface area contributed by atoms with Gasteiger partial charge >= 0.3 is 0 Å². The molecule has 2 rings (SSSR count). The van der Waals surface area contributed by atoms with E-state index in [-0.39, 0.29) is 0 Å². The second-order valence-corrected chi connectivity index (χ2v) is 5.91. The van der Waals surface area contributed by atoms with Gasteiger partial charge in [-0.25, -0.2) is 8.78 Å². The fraction of sp³-hybridized carbons (Fsp3) is 0.333. The maximum absolute atomic E-state index is 14.2. The minimum Gasteiger partial charge on any atom is -0.241 e. The Labute approximate surface area is 115 Å². The van der Waals surface area contributed by atoms with Crippen LogP contribution in [0.2, 0.25) is 0 Å². The maximum Gasteiger partial charge on any atom is 0.141 e. The van der Waals surface area contributed by atoms with Crippen LogP contribution in [0.4, 0.5) is 8.78 Å². The number of halogens is 3. The Morgan fingerprint density at radius 2 is 1.94 bits per heavy atom. The van der Waals surface area contributed by atoms with E-state index < -0.39 is 16.3 Å². The number of hydrogen-bond acceptors (Lipinski definition) is 0. The van der Waals surface area contributed by atoms with Crippen molar-refractivity contribution in [3.63, 3.8) is 0 Å². The van der Waals surface area contributed by atoms with Gasteiger partial charge in [-0.1, -0.05) is 59.6 Å². The third-order valence-corrected chi connectivity index (χ3v) is 4.38. The normalized spacial score (nSPS) is 27.7. The number of rotatable bonds is 3. The van der Waals surface area contributed by atoms with E-state index >= 15 is 0 Å². The molecule has 1 aliphatic carbocycles. The summed E-state index contributed by atoms with van der Waals surface area (Å²) in [7, 11) is 0. The quantitative estimate of drug-likeness (QED) is 0.672. The van der Waals surface area contributed by atoms with Gasteiger partial charge < -0.3 is 0 Å². The van der Waals surface area contributed by atoms with Crippen molar-refractivity contribution in [2.45, 2.75) is 30.3 Å². The molecule has 0 aromatic heterocycles. The van der Waals surface area contributed by atoms with E-state index in [1.165, 1.54) is 12.2 Å². The number of benzene rings is 1. The van der Waals surface area contributed by atoms with E-state index in [0.29, 0.717) is 12.0 Å². The van der Waals surface area contributed by atoms with E-state index in [0.717, 1.165) is 12.0 Å². The molecule has 0 saturated heterocycles. The average molecular weight is 313 g/mol. The second-order valence-electron chi connectivity index (χ2n) is 4.49. The Balaban J connectivity index is 2.35. The Bertz CT molecular complexity index is 479. The molecule has 0 amide bonds. The molecule has 0 nitrogen and oxygen atoms in total. The first-order valence-electron chi connectivity index (χ1n) is 6.06. The van der Waals surface area contributed by atoms with E-state index in [1.807, 2.05) is 37.3 Å². The van der Waals surface area contributed by atoms with Crippen LogP contribution in [-0.4, -0.2) is 10.5 Å². The van der Waals surface area contributed by atoms with Gasteiger partial charge in [-0.15, -0.1) is 0 Å². The summed E-state index contributed by atoms with van der Waals surface area (Å²) in [5, 5.41) is 0. The molecule has 1 aliphatic rings. The largest absolute Gasteiger partial charge is 0.241 e. The minimum absolute atomic E-state index is 0.432. The van der Waals surface area contributed by atoms with E-state index in [9.17, 15) is 8.78 Å². The zero-order valence-corrected chi connectivity index (χ0v) is 11.8. The maximum atomic E-state index is 14.2. The molecule has 2 atom stereocenters. The van der Waals surface area contributed by atoms with Gasteiger partial charge in [-0.3, -0.25) is 0 Å². The molecule has 0 fully saturated rings. The van der Waals surface area contributed by atoms with Crippen molar-refractivity contribution >= 4 is 21.5 Å². The van der Waals surface area contributed by atoms with E-state index in [4.69, 9.17) is 0 Å². The predicted octanol–water partition coefficient (Wildman–Crippen LogP) is 5.21. The lowest BCUT2D eigenvalue weighted by atomic mass is 9.87. The average Bonchev–Trinajstić information content (AvgIpc) is 2.37. The fourth-order valence-corrected chi connectivity index (χ4v) is 2.80. The highest BCUT2D eigenvalue weighted by Crippen LogP contribution is 2.44. The molecule has 0 spiro atoms. The van der Waals surface area contributed by atoms with Crippen LogP contribution in [-0.2, 0) is 0 Å². The first-order valence-corrected chi connectivity index (χ1v) is 6.85. The molecule has 0 N–H and O–H groups in total. The number of hydrogen-bond donors (Lipinski definition) is 0. The summed E-state index contributed by atoms with van der Waals surface area (Å²) in [6, 6.07) is 9.30. The molecular weight excluding hydrogens is 298 g/mol. The van der Waals surface area contributed by atoms with Crippen LogP contribution in [0.5, 0.6) is 0 Å². The van der Waals surface area contributed by atoms with Crippen LogP contribution in [0.25, 0.3) is 5.57 Å². The SMILES string of the molecule is CCCC1(Br)C(F)=CC(c2ccccc2)=CC1F. The molecule has 0 bridgehead atoms. The van der Waals surface area contributed by atoms with Gasteiger partial charge in [-0.05, 0) is 29.7 Å². The zero-order valence-electron chi connectivity index (χ0n) is 10.2. The molecule has 0 saturated carbocycles. The Morgan fingerprint density at radius 1 is 1.28 bits per heavy atom. The molecule has 1 aromatic carbocycles. The van der Waals surface area contributed by atoms with Gasteiger partial charge in [0.05, 0.1) is 0 Å². The summed E-state index contributed by atoms with van der Waals surface area (Å²) in [6.45, 7) is 1.92. The van der Waals surface area contributed by atoms with Gasteiger partial charge in [0, 0.05) is 0 Å². The van der Waals surface area contributed by atoms with Crippen molar-refractivity contribution in [3.8, 4) is 0 Å². The number of allylic oxidation sites excluding steroid dienone is 4.